The average Bonchev–Trinajstić information content (AvgIpc) is 3.41. The van der Waals surface area contributed by atoms with Gasteiger partial charge in [-0.25, -0.2) is 4.79 Å². The Kier molecular flexibility index (Phi) is 7.11. The van der Waals surface area contributed by atoms with Crippen LogP contribution in [0.1, 0.15) is 27.7 Å². The van der Waals surface area contributed by atoms with Crippen molar-refractivity contribution in [3.8, 4) is 11.6 Å². The van der Waals surface area contributed by atoms with E-state index in [0.29, 0.717) is 33.9 Å². The number of hydrogen-bond acceptors (Lipinski definition) is 8. The third-order valence-electron chi connectivity index (χ3n) is 4.22. The molecule has 0 atom stereocenters. The van der Waals surface area contributed by atoms with Crippen LogP contribution >= 0.6 is 23.1 Å². The number of carbonyl (C=O) groups is 2. The predicted octanol–water partition coefficient (Wildman–Crippen LogP) is 4.31. The lowest BCUT2D eigenvalue weighted by atomic mass is 10.1. The van der Waals surface area contributed by atoms with Gasteiger partial charge in [-0.05, 0) is 38.5 Å². The third kappa shape index (κ3) is 4.65. The Hall–Kier alpha value is -2.85. The molecule has 8 nitrogen and oxygen atoms in total. The summed E-state index contributed by atoms with van der Waals surface area (Å²) in [6.07, 6.45) is 3.29. The summed E-state index contributed by atoms with van der Waals surface area (Å²) in [4.78, 5) is 25.8. The van der Waals surface area contributed by atoms with E-state index in [0.717, 1.165) is 10.4 Å². The second kappa shape index (κ2) is 9.77. The van der Waals surface area contributed by atoms with Gasteiger partial charge in [0.05, 0.1) is 24.2 Å². The minimum Gasteiger partial charge on any atom is -0.462 e. The van der Waals surface area contributed by atoms with Crippen LogP contribution in [-0.2, 0) is 16.1 Å². The van der Waals surface area contributed by atoms with Gasteiger partial charge < -0.3 is 14.5 Å². The number of anilines is 1. The molecule has 0 aliphatic carbocycles. The first kappa shape index (κ1) is 21.8. The van der Waals surface area contributed by atoms with E-state index in [2.05, 4.69) is 22.1 Å². The van der Waals surface area contributed by atoms with Crippen molar-refractivity contribution in [2.75, 3.05) is 17.7 Å². The first-order valence-corrected chi connectivity index (χ1v) is 11.0. The average molecular weight is 447 g/mol. The van der Waals surface area contributed by atoms with E-state index in [1.807, 2.05) is 18.4 Å². The first-order valence-electron chi connectivity index (χ1n) is 9.24. The highest BCUT2D eigenvalue weighted by atomic mass is 32.2. The fraction of sp³-hybridized carbons (Fsp3) is 0.300. The maximum atomic E-state index is 12.6. The molecule has 3 aromatic heterocycles. The second-order valence-corrected chi connectivity index (χ2v) is 8.39. The Morgan fingerprint density at radius 2 is 2.20 bits per heavy atom. The molecule has 0 unspecified atom stereocenters. The fourth-order valence-electron chi connectivity index (χ4n) is 2.73. The van der Waals surface area contributed by atoms with E-state index in [9.17, 15) is 9.59 Å². The lowest BCUT2D eigenvalue weighted by Gasteiger charge is -2.08. The number of aryl methyl sites for hydroxylation is 1. The van der Waals surface area contributed by atoms with Crippen LogP contribution < -0.4 is 5.32 Å². The Balaban J connectivity index is 1.72. The van der Waals surface area contributed by atoms with Crippen molar-refractivity contribution in [3.05, 3.63) is 47.1 Å². The summed E-state index contributed by atoms with van der Waals surface area (Å²) >= 11 is 2.60. The molecule has 0 aliphatic heterocycles. The highest BCUT2D eigenvalue weighted by Gasteiger charge is 2.23. The standard InChI is InChI=1S/C20H22N4O4S2/c1-5-9-24-17(14-8-7-10-28-14)22-23-20(24)29-11-15(25)21-18-16(19(26)27-6-2)12(3)13(4)30-18/h5,7-8,10H,1,6,9,11H2,2-4H3,(H,21,25). The molecule has 0 aromatic carbocycles. The molecular formula is C20H22N4O4S2. The van der Waals surface area contributed by atoms with Gasteiger partial charge in [0.1, 0.15) is 5.00 Å². The molecule has 3 heterocycles. The maximum absolute atomic E-state index is 12.6. The van der Waals surface area contributed by atoms with E-state index in [-0.39, 0.29) is 18.3 Å². The molecule has 158 valence electrons. The van der Waals surface area contributed by atoms with Crippen molar-refractivity contribution in [2.45, 2.75) is 32.5 Å². The van der Waals surface area contributed by atoms with Crippen molar-refractivity contribution in [1.82, 2.24) is 14.8 Å². The van der Waals surface area contributed by atoms with E-state index < -0.39 is 5.97 Å². The van der Waals surface area contributed by atoms with Gasteiger partial charge in [0.2, 0.25) is 11.7 Å². The van der Waals surface area contributed by atoms with Crippen molar-refractivity contribution in [1.29, 1.82) is 0 Å². The molecule has 1 N–H and O–H groups in total. The predicted molar refractivity (Wildman–Crippen MR) is 117 cm³/mol. The van der Waals surface area contributed by atoms with E-state index >= 15 is 0 Å². The van der Waals surface area contributed by atoms with Gasteiger partial charge in [0, 0.05) is 11.4 Å². The summed E-state index contributed by atoms with van der Waals surface area (Å²) in [5.74, 6) is 0.572. The number of nitrogens with zero attached hydrogens (tertiary/aromatic N) is 3. The van der Waals surface area contributed by atoms with Crippen LogP contribution in [0.2, 0.25) is 0 Å². The zero-order valence-corrected chi connectivity index (χ0v) is 18.6. The molecule has 0 fully saturated rings. The van der Waals surface area contributed by atoms with E-state index in [1.54, 1.807) is 31.4 Å². The van der Waals surface area contributed by atoms with Gasteiger partial charge in [-0.3, -0.25) is 9.36 Å². The lowest BCUT2D eigenvalue weighted by Crippen LogP contribution is -2.17. The molecule has 3 aromatic rings. The van der Waals surface area contributed by atoms with Crippen LogP contribution in [0.15, 0.2) is 40.6 Å². The quantitative estimate of drug-likeness (QED) is 0.297. The summed E-state index contributed by atoms with van der Waals surface area (Å²) in [7, 11) is 0. The van der Waals surface area contributed by atoms with Crippen LogP contribution in [-0.4, -0.2) is 39.0 Å². The fourth-order valence-corrected chi connectivity index (χ4v) is 4.55. The SMILES string of the molecule is C=CCn1c(SCC(=O)Nc2sc(C)c(C)c2C(=O)OCC)nnc1-c1ccco1. The Morgan fingerprint density at radius 1 is 1.40 bits per heavy atom. The minimum absolute atomic E-state index is 0.103. The van der Waals surface area contributed by atoms with Crippen LogP contribution in [0.3, 0.4) is 0 Å². The Morgan fingerprint density at radius 3 is 2.87 bits per heavy atom. The number of rotatable bonds is 9. The number of nitrogens with one attached hydrogen (secondary N) is 1. The number of amides is 1. The number of allylic oxidation sites excluding steroid dienone is 1. The summed E-state index contributed by atoms with van der Waals surface area (Å²) in [6.45, 7) is 10.0. The number of furan rings is 1. The van der Waals surface area contributed by atoms with Crippen molar-refractivity contribution in [2.24, 2.45) is 0 Å². The zero-order chi connectivity index (χ0) is 21.7. The smallest absolute Gasteiger partial charge is 0.341 e. The van der Waals surface area contributed by atoms with Crippen molar-refractivity contribution in [3.63, 3.8) is 0 Å². The normalized spacial score (nSPS) is 10.8. The van der Waals surface area contributed by atoms with Crippen molar-refractivity contribution < 1.29 is 18.7 Å². The van der Waals surface area contributed by atoms with Gasteiger partial charge in [0.15, 0.2) is 10.9 Å². The Bertz CT molecular complexity index is 1050. The van der Waals surface area contributed by atoms with Gasteiger partial charge in [-0.15, -0.1) is 28.1 Å². The largest absolute Gasteiger partial charge is 0.462 e. The summed E-state index contributed by atoms with van der Waals surface area (Å²) in [6, 6.07) is 3.57. The van der Waals surface area contributed by atoms with E-state index in [1.165, 1.54) is 23.1 Å². The molecule has 0 saturated carbocycles. The van der Waals surface area contributed by atoms with Gasteiger partial charge >= 0.3 is 5.97 Å². The number of aromatic nitrogens is 3. The molecule has 0 radical (unpaired) electrons. The summed E-state index contributed by atoms with van der Waals surface area (Å²) < 4.78 is 12.4. The number of esters is 1. The third-order valence-corrected chi connectivity index (χ3v) is 6.31. The molecule has 3 rings (SSSR count). The zero-order valence-electron chi connectivity index (χ0n) is 16.9. The molecule has 30 heavy (non-hydrogen) atoms. The topological polar surface area (TPSA) is 99.2 Å². The second-order valence-electron chi connectivity index (χ2n) is 6.23. The van der Waals surface area contributed by atoms with E-state index in [4.69, 9.17) is 9.15 Å². The highest BCUT2D eigenvalue weighted by molar-refractivity contribution is 7.99. The molecule has 0 bridgehead atoms. The highest BCUT2D eigenvalue weighted by Crippen LogP contribution is 2.33. The number of hydrogen-bond donors (Lipinski definition) is 1. The number of thiophene rings is 1. The number of thioether (sulfide) groups is 1. The summed E-state index contributed by atoms with van der Waals surface area (Å²) in [5, 5.41) is 12.2. The number of carbonyl (C=O) groups excluding carboxylic acids is 2. The molecule has 0 spiro atoms. The van der Waals surface area contributed by atoms with Gasteiger partial charge in [-0.2, -0.15) is 0 Å². The van der Waals surface area contributed by atoms with Crippen LogP contribution in [0.5, 0.6) is 0 Å². The lowest BCUT2D eigenvalue weighted by molar-refractivity contribution is -0.113. The molecular weight excluding hydrogens is 424 g/mol. The van der Waals surface area contributed by atoms with Crippen LogP contribution in [0.4, 0.5) is 5.00 Å². The number of ether oxygens (including phenoxy) is 1. The van der Waals surface area contributed by atoms with Crippen LogP contribution in [0, 0.1) is 13.8 Å². The van der Waals surface area contributed by atoms with Crippen molar-refractivity contribution >= 4 is 40.0 Å². The minimum atomic E-state index is -0.434. The van der Waals surface area contributed by atoms with Gasteiger partial charge in [-0.1, -0.05) is 17.8 Å². The monoisotopic (exact) mass is 446 g/mol. The molecule has 0 aliphatic rings. The first-order chi connectivity index (χ1) is 14.5. The van der Waals surface area contributed by atoms with Gasteiger partial charge in [0.25, 0.3) is 0 Å². The molecule has 10 heteroatoms. The maximum Gasteiger partial charge on any atom is 0.341 e. The van der Waals surface area contributed by atoms with Crippen LogP contribution in [0.25, 0.3) is 11.6 Å². The molecule has 1 amide bonds. The summed E-state index contributed by atoms with van der Waals surface area (Å²) in [5.41, 5.74) is 1.22. The molecule has 0 saturated heterocycles. The Labute approximate surface area is 182 Å².